The van der Waals surface area contributed by atoms with Crippen LogP contribution >= 0.6 is 0 Å². The molecule has 0 bridgehead atoms. The summed E-state index contributed by atoms with van der Waals surface area (Å²) < 4.78 is 0. The molecule has 0 radical (unpaired) electrons. The first-order valence-electron chi connectivity index (χ1n) is 4.93. The molecule has 1 aromatic rings. The Labute approximate surface area is 87.0 Å². The largest absolute Gasteiger partial charge is 0.307 e. The number of fused-ring (bicyclic) bond motifs is 3. The van der Waals surface area contributed by atoms with E-state index in [0.29, 0.717) is 18.5 Å². The number of amides is 1. The van der Waals surface area contributed by atoms with Crippen LogP contribution in [0.25, 0.3) is 5.70 Å². The van der Waals surface area contributed by atoms with Crippen molar-refractivity contribution in [2.75, 3.05) is 6.54 Å². The fourth-order valence-electron chi connectivity index (χ4n) is 2.12. The van der Waals surface area contributed by atoms with Gasteiger partial charge < -0.3 is 4.90 Å². The molecule has 2 heterocycles. The van der Waals surface area contributed by atoms with Crippen molar-refractivity contribution < 1.29 is 9.59 Å². The molecule has 0 atom stereocenters. The Morgan fingerprint density at radius 3 is 2.60 bits per heavy atom. The first-order chi connectivity index (χ1) is 7.27. The van der Waals surface area contributed by atoms with Gasteiger partial charge in [0.1, 0.15) is 0 Å². The average molecular weight is 199 g/mol. The quantitative estimate of drug-likeness (QED) is 0.634. The molecular weight excluding hydrogens is 190 g/mol. The van der Waals surface area contributed by atoms with Gasteiger partial charge in [-0.1, -0.05) is 18.2 Å². The highest BCUT2D eigenvalue weighted by Crippen LogP contribution is 2.34. The van der Waals surface area contributed by atoms with Gasteiger partial charge in [-0.3, -0.25) is 9.59 Å². The summed E-state index contributed by atoms with van der Waals surface area (Å²) in [7, 11) is 0. The average Bonchev–Trinajstić information content (AvgIpc) is 2.54. The van der Waals surface area contributed by atoms with Gasteiger partial charge in [0, 0.05) is 30.2 Å². The van der Waals surface area contributed by atoms with E-state index in [2.05, 4.69) is 0 Å². The summed E-state index contributed by atoms with van der Waals surface area (Å²) in [4.78, 5) is 24.9. The number of hydrogen-bond acceptors (Lipinski definition) is 2. The van der Waals surface area contributed by atoms with Gasteiger partial charge in [-0.25, -0.2) is 0 Å². The van der Waals surface area contributed by atoms with Crippen LogP contribution in [0.3, 0.4) is 0 Å². The van der Waals surface area contributed by atoms with Crippen molar-refractivity contribution in [1.29, 1.82) is 0 Å². The predicted octanol–water partition coefficient (Wildman–Crippen LogP) is 1.46. The SMILES string of the molecule is O=C1C=C2c3ccccc3C(=O)N2CC1. The van der Waals surface area contributed by atoms with E-state index < -0.39 is 0 Å². The molecule has 0 unspecified atom stereocenters. The van der Waals surface area contributed by atoms with E-state index >= 15 is 0 Å². The fourth-order valence-corrected chi connectivity index (χ4v) is 2.12. The van der Waals surface area contributed by atoms with Gasteiger partial charge in [-0.05, 0) is 6.07 Å². The third-order valence-electron chi connectivity index (χ3n) is 2.85. The second kappa shape index (κ2) is 2.79. The third kappa shape index (κ3) is 1.06. The zero-order valence-corrected chi connectivity index (χ0v) is 8.06. The number of carbonyl (C=O) groups excluding carboxylic acids is 2. The Morgan fingerprint density at radius 2 is 1.80 bits per heavy atom. The Balaban J connectivity index is 2.24. The van der Waals surface area contributed by atoms with Crippen LogP contribution in [0.1, 0.15) is 22.3 Å². The zero-order chi connectivity index (χ0) is 10.4. The van der Waals surface area contributed by atoms with Crippen LogP contribution in [-0.2, 0) is 4.79 Å². The molecular formula is C12H9NO2. The molecule has 0 aliphatic carbocycles. The first-order valence-corrected chi connectivity index (χ1v) is 4.93. The van der Waals surface area contributed by atoms with E-state index in [1.165, 1.54) is 0 Å². The van der Waals surface area contributed by atoms with Gasteiger partial charge >= 0.3 is 0 Å². The third-order valence-corrected chi connectivity index (χ3v) is 2.85. The second-order valence-electron chi connectivity index (χ2n) is 3.75. The predicted molar refractivity (Wildman–Crippen MR) is 55.1 cm³/mol. The molecule has 3 rings (SSSR count). The molecule has 3 nitrogen and oxygen atoms in total. The lowest BCUT2D eigenvalue weighted by Gasteiger charge is -2.21. The Bertz CT molecular complexity index is 502. The van der Waals surface area contributed by atoms with Gasteiger partial charge in [0.2, 0.25) is 0 Å². The Kier molecular flexibility index (Phi) is 1.57. The molecule has 0 saturated carbocycles. The van der Waals surface area contributed by atoms with E-state index in [-0.39, 0.29) is 11.7 Å². The van der Waals surface area contributed by atoms with E-state index in [1.54, 1.807) is 17.0 Å². The minimum atomic E-state index is 0.0179. The summed E-state index contributed by atoms with van der Waals surface area (Å²) in [6.45, 7) is 0.512. The monoisotopic (exact) mass is 199 g/mol. The van der Waals surface area contributed by atoms with Crippen LogP contribution in [-0.4, -0.2) is 23.1 Å². The maximum absolute atomic E-state index is 11.9. The molecule has 1 amide bonds. The zero-order valence-electron chi connectivity index (χ0n) is 8.06. The minimum Gasteiger partial charge on any atom is -0.307 e. The van der Waals surface area contributed by atoms with Gasteiger partial charge in [0.05, 0.1) is 5.70 Å². The lowest BCUT2D eigenvalue weighted by Crippen LogP contribution is -2.29. The van der Waals surface area contributed by atoms with Gasteiger partial charge in [0.15, 0.2) is 5.78 Å². The molecule has 0 saturated heterocycles. The maximum atomic E-state index is 11.9. The summed E-state index contributed by atoms with van der Waals surface area (Å²) in [6, 6.07) is 7.42. The lowest BCUT2D eigenvalue weighted by molar-refractivity contribution is -0.115. The minimum absolute atomic E-state index is 0.0179. The van der Waals surface area contributed by atoms with Crippen molar-refractivity contribution >= 4 is 17.4 Å². The van der Waals surface area contributed by atoms with Gasteiger partial charge in [0.25, 0.3) is 5.91 Å². The number of carbonyl (C=O) groups is 2. The summed E-state index contributed by atoms with van der Waals surface area (Å²) in [5.74, 6) is 0.120. The van der Waals surface area contributed by atoms with Crippen molar-refractivity contribution in [3.05, 3.63) is 41.5 Å². The van der Waals surface area contributed by atoms with E-state index in [0.717, 1.165) is 11.3 Å². The van der Waals surface area contributed by atoms with Crippen LogP contribution in [0.4, 0.5) is 0 Å². The number of allylic oxidation sites excluding steroid dienone is 1. The highest BCUT2D eigenvalue weighted by atomic mass is 16.2. The number of hydrogen-bond donors (Lipinski definition) is 0. The smallest absolute Gasteiger partial charge is 0.258 e. The summed E-state index contributed by atoms with van der Waals surface area (Å²) in [6.07, 6.45) is 2.01. The number of benzene rings is 1. The molecule has 0 N–H and O–H groups in total. The number of nitrogens with zero attached hydrogens (tertiary/aromatic N) is 1. The van der Waals surface area contributed by atoms with Crippen molar-refractivity contribution in [2.45, 2.75) is 6.42 Å². The molecule has 2 aliphatic heterocycles. The van der Waals surface area contributed by atoms with Crippen molar-refractivity contribution in [3.63, 3.8) is 0 Å². The summed E-state index contributed by atoms with van der Waals surface area (Å²) >= 11 is 0. The molecule has 0 fully saturated rings. The first kappa shape index (κ1) is 8.41. The molecule has 3 heteroatoms. The van der Waals surface area contributed by atoms with Gasteiger partial charge in [-0.2, -0.15) is 0 Å². The van der Waals surface area contributed by atoms with Crippen molar-refractivity contribution in [3.8, 4) is 0 Å². The molecule has 0 spiro atoms. The standard InChI is InChI=1S/C12H9NO2/c14-8-5-6-13-11(7-8)9-3-1-2-4-10(9)12(13)15/h1-4,7H,5-6H2. The number of ketones is 1. The summed E-state index contributed by atoms with van der Waals surface area (Å²) in [5.41, 5.74) is 2.36. The molecule has 0 aromatic heterocycles. The highest BCUT2D eigenvalue weighted by molar-refractivity contribution is 6.13. The van der Waals surface area contributed by atoms with E-state index in [4.69, 9.17) is 0 Å². The van der Waals surface area contributed by atoms with Crippen LogP contribution < -0.4 is 0 Å². The topological polar surface area (TPSA) is 37.4 Å². The number of rotatable bonds is 0. The maximum Gasteiger partial charge on any atom is 0.258 e. The Hall–Kier alpha value is -1.90. The van der Waals surface area contributed by atoms with Gasteiger partial charge in [-0.15, -0.1) is 0 Å². The highest BCUT2D eigenvalue weighted by Gasteiger charge is 2.34. The second-order valence-corrected chi connectivity index (χ2v) is 3.75. The van der Waals surface area contributed by atoms with Crippen LogP contribution in [0, 0.1) is 0 Å². The molecule has 2 aliphatic rings. The van der Waals surface area contributed by atoms with E-state index in [9.17, 15) is 9.59 Å². The van der Waals surface area contributed by atoms with Crippen molar-refractivity contribution in [2.24, 2.45) is 0 Å². The van der Waals surface area contributed by atoms with Crippen LogP contribution in [0.5, 0.6) is 0 Å². The van der Waals surface area contributed by atoms with E-state index in [1.807, 2.05) is 18.2 Å². The summed E-state index contributed by atoms with van der Waals surface area (Å²) in [5, 5.41) is 0. The molecule has 74 valence electrons. The van der Waals surface area contributed by atoms with Crippen molar-refractivity contribution in [1.82, 2.24) is 4.90 Å². The molecule has 1 aromatic carbocycles. The van der Waals surface area contributed by atoms with Crippen LogP contribution in [0.15, 0.2) is 30.3 Å². The Morgan fingerprint density at radius 1 is 1.07 bits per heavy atom. The lowest BCUT2D eigenvalue weighted by atomic mass is 10.1. The van der Waals surface area contributed by atoms with Crippen LogP contribution in [0.2, 0.25) is 0 Å². The fraction of sp³-hybridized carbons (Fsp3) is 0.167. The molecule has 15 heavy (non-hydrogen) atoms. The normalized spacial score (nSPS) is 18.7.